The number of carbonyl (C=O) groups is 1. The third kappa shape index (κ3) is 4.09. The lowest BCUT2D eigenvalue weighted by atomic mass is 9.83. The van der Waals surface area contributed by atoms with E-state index < -0.39 is 0 Å². The van der Waals surface area contributed by atoms with Crippen LogP contribution in [0.4, 0.5) is 4.79 Å². The first-order valence-electron chi connectivity index (χ1n) is 9.23. The minimum atomic E-state index is -0.0318. The number of ether oxygens (including phenoxy) is 1. The van der Waals surface area contributed by atoms with Gasteiger partial charge < -0.3 is 19.9 Å². The zero-order valence-corrected chi connectivity index (χ0v) is 14.7. The fourth-order valence-electron chi connectivity index (χ4n) is 4.38. The summed E-state index contributed by atoms with van der Waals surface area (Å²) in [6.07, 6.45) is 14.9. The summed E-state index contributed by atoms with van der Waals surface area (Å²) in [5, 5.41) is 6.32. The lowest BCUT2D eigenvalue weighted by molar-refractivity contribution is 0.135. The first kappa shape index (κ1) is 17.3. The maximum Gasteiger partial charge on any atom is 0.315 e. The van der Waals surface area contributed by atoms with Gasteiger partial charge in [0.05, 0.1) is 18.4 Å². The van der Waals surface area contributed by atoms with Crippen molar-refractivity contribution in [3.63, 3.8) is 0 Å². The number of nitrogens with one attached hydrogen (secondary N) is 2. The van der Waals surface area contributed by atoms with Crippen molar-refractivity contribution >= 4 is 6.03 Å². The van der Waals surface area contributed by atoms with E-state index in [1.165, 1.54) is 25.7 Å². The largest absolute Gasteiger partial charge is 0.385 e. The SMILES string of the molecule is COCCC1(CNC(=O)NC2CCCC2n2ccnc2)CCCC1. The van der Waals surface area contributed by atoms with Crippen LogP contribution >= 0.6 is 0 Å². The highest BCUT2D eigenvalue weighted by Gasteiger charge is 2.34. The Balaban J connectivity index is 1.50. The van der Waals surface area contributed by atoms with Gasteiger partial charge in [0.1, 0.15) is 0 Å². The van der Waals surface area contributed by atoms with Crippen molar-refractivity contribution in [3.05, 3.63) is 18.7 Å². The second-order valence-electron chi connectivity index (χ2n) is 7.39. The van der Waals surface area contributed by atoms with Gasteiger partial charge in [-0.05, 0) is 43.9 Å². The molecule has 0 aromatic carbocycles. The van der Waals surface area contributed by atoms with Crippen molar-refractivity contribution in [3.8, 4) is 0 Å². The topological polar surface area (TPSA) is 68.2 Å². The van der Waals surface area contributed by atoms with E-state index in [9.17, 15) is 4.79 Å². The number of rotatable bonds is 7. The summed E-state index contributed by atoms with van der Waals surface area (Å²) in [7, 11) is 1.75. The molecular formula is C18H30N4O2. The van der Waals surface area contributed by atoms with E-state index in [2.05, 4.69) is 20.2 Å². The molecule has 2 fully saturated rings. The summed E-state index contributed by atoms with van der Waals surface area (Å²) in [5.74, 6) is 0. The van der Waals surface area contributed by atoms with Crippen molar-refractivity contribution in [1.29, 1.82) is 0 Å². The molecule has 2 saturated carbocycles. The summed E-state index contributed by atoms with van der Waals surface area (Å²) in [6.45, 7) is 1.53. The Morgan fingerprint density at radius 3 is 2.88 bits per heavy atom. The average molecular weight is 334 g/mol. The Morgan fingerprint density at radius 2 is 2.17 bits per heavy atom. The van der Waals surface area contributed by atoms with Crippen LogP contribution in [0.25, 0.3) is 0 Å². The molecule has 1 aromatic heterocycles. The molecule has 2 amide bonds. The molecule has 2 N–H and O–H groups in total. The van der Waals surface area contributed by atoms with Gasteiger partial charge in [-0.3, -0.25) is 0 Å². The minimum absolute atomic E-state index is 0.0318. The van der Waals surface area contributed by atoms with Crippen LogP contribution in [0, 0.1) is 5.41 Å². The van der Waals surface area contributed by atoms with Gasteiger partial charge in [0, 0.05) is 32.7 Å². The second-order valence-corrected chi connectivity index (χ2v) is 7.39. The van der Waals surface area contributed by atoms with E-state index in [0.29, 0.717) is 6.04 Å². The Bertz CT molecular complexity index is 511. The predicted octanol–water partition coefficient (Wildman–Crippen LogP) is 2.87. The van der Waals surface area contributed by atoms with Crippen LogP contribution in [0.2, 0.25) is 0 Å². The third-order valence-electron chi connectivity index (χ3n) is 5.83. The molecular weight excluding hydrogens is 304 g/mol. The fraction of sp³-hybridized carbons (Fsp3) is 0.778. The second kappa shape index (κ2) is 8.01. The van der Waals surface area contributed by atoms with Gasteiger partial charge in [0.25, 0.3) is 0 Å². The summed E-state index contributed by atoms with van der Waals surface area (Å²) in [6, 6.07) is 0.487. The lowest BCUT2D eigenvalue weighted by Gasteiger charge is -2.30. The molecule has 0 spiro atoms. The van der Waals surface area contributed by atoms with Gasteiger partial charge in [-0.25, -0.2) is 9.78 Å². The molecule has 2 atom stereocenters. The molecule has 2 aliphatic rings. The smallest absolute Gasteiger partial charge is 0.315 e. The van der Waals surface area contributed by atoms with E-state index >= 15 is 0 Å². The molecule has 1 heterocycles. The zero-order chi connectivity index (χ0) is 16.8. The Morgan fingerprint density at radius 1 is 1.33 bits per heavy atom. The summed E-state index contributed by atoms with van der Waals surface area (Å²) >= 11 is 0. The number of aromatic nitrogens is 2. The van der Waals surface area contributed by atoms with E-state index in [-0.39, 0.29) is 17.5 Å². The maximum absolute atomic E-state index is 12.4. The monoisotopic (exact) mass is 334 g/mol. The third-order valence-corrected chi connectivity index (χ3v) is 5.83. The number of hydrogen-bond donors (Lipinski definition) is 2. The molecule has 2 aliphatic carbocycles. The summed E-state index contributed by atoms with van der Waals surface area (Å²) < 4.78 is 7.38. The Kier molecular flexibility index (Phi) is 5.76. The minimum Gasteiger partial charge on any atom is -0.385 e. The first-order chi connectivity index (χ1) is 11.7. The zero-order valence-electron chi connectivity index (χ0n) is 14.7. The molecule has 24 heavy (non-hydrogen) atoms. The van der Waals surface area contributed by atoms with Crippen LogP contribution in [-0.2, 0) is 4.74 Å². The van der Waals surface area contributed by atoms with Gasteiger partial charge in [-0.1, -0.05) is 12.8 Å². The van der Waals surface area contributed by atoms with E-state index in [4.69, 9.17) is 4.74 Å². The van der Waals surface area contributed by atoms with E-state index in [1.807, 2.05) is 12.5 Å². The maximum atomic E-state index is 12.4. The molecule has 6 heteroatoms. The fourth-order valence-corrected chi connectivity index (χ4v) is 4.38. The Labute approximate surface area is 144 Å². The highest BCUT2D eigenvalue weighted by atomic mass is 16.5. The predicted molar refractivity (Wildman–Crippen MR) is 92.8 cm³/mol. The van der Waals surface area contributed by atoms with E-state index in [1.54, 1.807) is 13.3 Å². The van der Waals surface area contributed by atoms with Crippen molar-refractivity contribution in [2.24, 2.45) is 5.41 Å². The highest BCUT2D eigenvalue weighted by molar-refractivity contribution is 5.74. The molecule has 0 radical (unpaired) electrons. The number of methoxy groups -OCH3 is 1. The summed E-state index contributed by atoms with van der Waals surface area (Å²) in [5.41, 5.74) is 0.229. The number of imidazole rings is 1. The first-order valence-corrected chi connectivity index (χ1v) is 9.23. The van der Waals surface area contributed by atoms with Crippen molar-refractivity contribution in [1.82, 2.24) is 20.2 Å². The van der Waals surface area contributed by atoms with E-state index in [0.717, 1.165) is 38.8 Å². The lowest BCUT2D eigenvalue weighted by Crippen LogP contribution is -2.47. The van der Waals surface area contributed by atoms with Gasteiger partial charge in [0.2, 0.25) is 0 Å². The van der Waals surface area contributed by atoms with Crippen molar-refractivity contribution < 1.29 is 9.53 Å². The van der Waals surface area contributed by atoms with Crippen molar-refractivity contribution in [2.45, 2.75) is 63.5 Å². The summed E-state index contributed by atoms with van der Waals surface area (Å²) in [4.78, 5) is 16.5. The van der Waals surface area contributed by atoms with Crippen LogP contribution in [-0.4, -0.2) is 41.9 Å². The number of urea groups is 1. The molecule has 0 bridgehead atoms. The van der Waals surface area contributed by atoms with Crippen LogP contribution in [0.1, 0.15) is 57.4 Å². The van der Waals surface area contributed by atoms with Gasteiger partial charge in [0.15, 0.2) is 0 Å². The molecule has 2 unspecified atom stereocenters. The highest BCUT2D eigenvalue weighted by Crippen LogP contribution is 2.40. The molecule has 6 nitrogen and oxygen atoms in total. The normalized spacial score (nSPS) is 25.7. The van der Waals surface area contributed by atoms with Crippen LogP contribution < -0.4 is 10.6 Å². The number of nitrogens with zero attached hydrogens (tertiary/aromatic N) is 2. The molecule has 1 aromatic rings. The van der Waals surface area contributed by atoms with Gasteiger partial charge >= 0.3 is 6.03 Å². The number of amides is 2. The quantitative estimate of drug-likeness (QED) is 0.805. The van der Waals surface area contributed by atoms with Gasteiger partial charge in [-0.15, -0.1) is 0 Å². The van der Waals surface area contributed by atoms with Gasteiger partial charge in [-0.2, -0.15) is 0 Å². The number of hydrogen-bond acceptors (Lipinski definition) is 3. The standard InChI is InChI=1S/C18H30N4O2/c1-24-12-9-18(7-2-3-8-18)13-20-17(23)21-15-5-4-6-16(15)22-11-10-19-14-22/h10-11,14-16H,2-9,12-13H2,1H3,(H2,20,21,23). The molecule has 3 rings (SSSR count). The van der Waals surface area contributed by atoms with Crippen LogP contribution in [0.3, 0.4) is 0 Å². The number of carbonyl (C=O) groups excluding carboxylic acids is 1. The Hall–Kier alpha value is -1.56. The van der Waals surface area contributed by atoms with Crippen LogP contribution in [0.5, 0.6) is 0 Å². The average Bonchev–Trinajstić information content (AvgIpc) is 3.32. The molecule has 0 aliphatic heterocycles. The molecule has 0 saturated heterocycles. The van der Waals surface area contributed by atoms with Crippen LogP contribution in [0.15, 0.2) is 18.7 Å². The molecule has 134 valence electrons. The van der Waals surface area contributed by atoms with Crippen molar-refractivity contribution in [2.75, 3.05) is 20.3 Å².